The first-order valence-electron chi connectivity index (χ1n) is 10.7. The second-order valence-corrected chi connectivity index (χ2v) is 8.21. The second kappa shape index (κ2) is 8.80. The van der Waals surface area contributed by atoms with E-state index in [0.717, 1.165) is 37.7 Å². The largest absolute Gasteiger partial charge is 0.456 e. The number of rotatable bonds is 6. The number of likely N-dealkylation sites (tertiary alicyclic amines) is 1. The van der Waals surface area contributed by atoms with Crippen LogP contribution < -0.4 is 0 Å². The van der Waals surface area contributed by atoms with Crippen molar-refractivity contribution in [2.45, 2.75) is 63.8 Å². The summed E-state index contributed by atoms with van der Waals surface area (Å²) >= 11 is 0. The molecule has 2 atom stereocenters. The zero-order valence-electron chi connectivity index (χ0n) is 16.5. The van der Waals surface area contributed by atoms with Gasteiger partial charge in [-0.05, 0) is 56.1 Å². The highest BCUT2D eigenvalue weighted by molar-refractivity contribution is 5.83. The lowest BCUT2D eigenvalue weighted by Gasteiger charge is -2.44. The van der Waals surface area contributed by atoms with E-state index in [9.17, 15) is 9.59 Å². The molecular weight excluding hydrogens is 352 g/mol. The monoisotopic (exact) mass is 382 g/mol. The van der Waals surface area contributed by atoms with Gasteiger partial charge in [0.1, 0.15) is 0 Å². The number of para-hydroxylation sites is 1. The molecule has 1 saturated heterocycles. The maximum atomic E-state index is 12.6. The van der Waals surface area contributed by atoms with Gasteiger partial charge in [0.15, 0.2) is 6.61 Å². The van der Waals surface area contributed by atoms with Crippen LogP contribution in [0.1, 0.15) is 56.9 Å². The molecule has 0 spiro atoms. The lowest BCUT2D eigenvalue weighted by Crippen LogP contribution is -2.50. The molecule has 2 heterocycles. The summed E-state index contributed by atoms with van der Waals surface area (Å²) < 4.78 is 5.31. The third kappa shape index (κ3) is 4.23. The fourth-order valence-electron chi connectivity index (χ4n) is 4.99. The quantitative estimate of drug-likeness (QED) is 0.761. The van der Waals surface area contributed by atoms with Crippen LogP contribution in [-0.4, -0.2) is 41.0 Å². The minimum atomic E-state index is -0.273. The summed E-state index contributed by atoms with van der Waals surface area (Å²) in [6.45, 7) is 0.716. The molecule has 2 fully saturated rings. The van der Waals surface area contributed by atoms with Gasteiger partial charge in [-0.3, -0.25) is 9.59 Å². The smallest absolute Gasteiger partial charge is 0.306 e. The number of benzene rings is 1. The molecule has 5 heteroatoms. The van der Waals surface area contributed by atoms with Crippen LogP contribution in [0, 0.1) is 5.92 Å². The van der Waals surface area contributed by atoms with Crippen LogP contribution in [0.25, 0.3) is 10.9 Å². The van der Waals surface area contributed by atoms with Crippen LogP contribution >= 0.6 is 0 Å². The predicted molar refractivity (Wildman–Crippen MR) is 109 cm³/mol. The third-order valence-electron chi connectivity index (χ3n) is 6.42. The molecule has 2 aromatic rings. The summed E-state index contributed by atoms with van der Waals surface area (Å²) in [5.74, 6) is 0.366. The maximum Gasteiger partial charge on any atom is 0.306 e. The first-order chi connectivity index (χ1) is 13.7. The normalized spacial score (nSPS) is 22.1. The molecule has 1 aliphatic heterocycles. The number of carbonyl (C=O) groups excluding carboxylic acids is 2. The van der Waals surface area contributed by atoms with E-state index in [1.54, 1.807) is 0 Å². The minimum absolute atomic E-state index is 0.0124. The number of amides is 1. The number of esters is 1. The molecule has 1 saturated carbocycles. The van der Waals surface area contributed by atoms with E-state index in [0.29, 0.717) is 18.4 Å². The Kier molecular flexibility index (Phi) is 5.98. The van der Waals surface area contributed by atoms with Gasteiger partial charge in [0.2, 0.25) is 0 Å². The Balaban J connectivity index is 1.21. The van der Waals surface area contributed by atoms with Crippen molar-refractivity contribution >= 4 is 22.8 Å². The van der Waals surface area contributed by atoms with Gasteiger partial charge < -0.3 is 14.6 Å². The van der Waals surface area contributed by atoms with E-state index < -0.39 is 0 Å². The topological polar surface area (TPSA) is 62.4 Å². The number of hydrogen-bond acceptors (Lipinski definition) is 3. The van der Waals surface area contributed by atoms with Gasteiger partial charge in [-0.25, -0.2) is 0 Å². The average molecular weight is 383 g/mol. The highest BCUT2D eigenvalue weighted by Gasteiger charge is 2.35. The zero-order valence-corrected chi connectivity index (χ0v) is 16.5. The number of nitrogens with one attached hydrogen (secondary N) is 1. The molecule has 0 unspecified atom stereocenters. The minimum Gasteiger partial charge on any atom is -0.456 e. The summed E-state index contributed by atoms with van der Waals surface area (Å²) in [6.07, 6.45) is 11.1. The number of ether oxygens (including phenoxy) is 1. The molecule has 1 amide bonds. The van der Waals surface area contributed by atoms with Crippen molar-refractivity contribution in [3.63, 3.8) is 0 Å². The van der Waals surface area contributed by atoms with Crippen LogP contribution in [0.2, 0.25) is 0 Å². The van der Waals surface area contributed by atoms with Crippen LogP contribution in [0.15, 0.2) is 30.5 Å². The number of aromatic nitrogens is 1. The lowest BCUT2D eigenvalue weighted by atomic mass is 9.78. The Morgan fingerprint density at radius 1 is 1.11 bits per heavy atom. The number of aromatic amines is 1. The molecule has 1 aromatic carbocycles. The van der Waals surface area contributed by atoms with Gasteiger partial charge in [-0.1, -0.05) is 31.0 Å². The number of carbonyl (C=O) groups is 2. The Hall–Kier alpha value is -2.30. The Labute approximate surface area is 166 Å². The van der Waals surface area contributed by atoms with E-state index >= 15 is 0 Å². The van der Waals surface area contributed by atoms with Crippen molar-refractivity contribution in [1.82, 2.24) is 9.88 Å². The lowest BCUT2D eigenvalue weighted by molar-refractivity contribution is -0.154. The van der Waals surface area contributed by atoms with Gasteiger partial charge in [0.05, 0.1) is 0 Å². The van der Waals surface area contributed by atoms with Gasteiger partial charge in [0, 0.05) is 36.1 Å². The Morgan fingerprint density at radius 3 is 2.86 bits per heavy atom. The van der Waals surface area contributed by atoms with Crippen molar-refractivity contribution in [2.75, 3.05) is 13.2 Å². The Morgan fingerprint density at radius 2 is 1.93 bits per heavy atom. The van der Waals surface area contributed by atoms with Gasteiger partial charge in [-0.15, -0.1) is 0 Å². The van der Waals surface area contributed by atoms with Gasteiger partial charge in [0.25, 0.3) is 5.91 Å². The van der Waals surface area contributed by atoms with Gasteiger partial charge in [-0.2, -0.15) is 0 Å². The zero-order chi connectivity index (χ0) is 19.3. The number of H-pyrrole nitrogens is 1. The first-order valence-corrected chi connectivity index (χ1v) is 10.7. The van der Waals surface area contributed by atoms with Crippen molar-refractivity contribution in [3.05, 3.63) is 36.0 Å². The second-order valence-electron chi connectivity index (χ2n) is 8.21. The van der Waals surface area contributed by atoms with Crippen LogP contribution in [0.5, 0.6) is 0 Å². The van der Waals surface area contributed by atoms with Crippen molar-refractivity contribution in [3.8, 4) is 0 Å². The van der Waals surface area contributed by atoms with Crippen LogP contribution in [-0.2, 0) is 20.7 Å². The molecule has 0 bridgehead atoms. The summed E-state index contributed by atoms with van der Waals surface area (Å²) in [5, 5.41) is 1.21. The van der Waals surface area contributed by atoms with E-state index in [-0.39, 0.29) is 18.5 Å². The summed E-state index contributed by atoms with van der Waals surface area (Å²) in [6, 6.07) is 8.55. The van der Waals surface area contributed by atoms with Crippen molar-refractivity contribution in [2.24, 2.45) is 5.92 Å². The molecule has 28 heavy (non-hydrogen) atoms. The SMILES string of the molecule is O=C(CCCc1c[nH]c2ccccc12)OCC(=O)N1CCC[C@@H]2CCCC[C@H]21. The van der Waals surface area contributed by atoms with Crippen LogP contribution in [0.3, 0.4) is 0 Å². The van der Waals surface area contributed by atoms with E-state index in [1.165, 1.54) is 36.6 Å². The number of aryl methyl sites for hydroxylation is 1. The molecule has 1 N–H and O–H groups in total. The molecular formula is C23H30N2O3. The predicted octanol–water partition coefficient (Wildman–Crippen LogP) is 4.22. The Bertz CT molecular complexity index is 826. The average Bonchev–Trinajstić information content (AvgIpc) is 3.15. The molecule has 1 aromatic heterocycles. The maximum absolute atomic E-state index is 12.6. The summed E-state index contributed by atoms with van der Waals surface area (Å²) in [7, 11) is 0. The molecule has 4 rings (SSSR count). The molecule has 0 radical (unpaired) electrons. The fourth-order valence-corrected chi connectivity index (χ4v) is 4.99. The van der Waals surface area contributed by atoms with Crippen LogP contribution in [0.4, 0.5) is 0 Å². The summed E-state index contributed by atoms with van der Waals surface area (Å²) in [4.78, 5) is 30.0. The fraction of sp³-hybridized carbons (Fsp3) is 0.565. The highest BCUT2D eigenvalue weighted by Crippen LogP contribution is 2.35. The number of fused-ring (bicyclic) bond motifs is 2. The van der Waals surface area contributed by atoms with Crippen molar-refractivity contribution in [1.29, 1.82) is 0 Å². The molecule has 1 aliphatic carbocycles. The molecule has 2 aliphatic rings. The first kappa shape index (κ1) is 19.0. The number of hydrogen-bond donors (Lipinski definition) is 1. The number of piperidine rings is 1. The van der Waals surface area contributed by atoms with E-state index in [4.69, 9.17) is 4.74 Å². The van der Waals surface area contributed by atoms with E-state index in [1.807, 2.05) is 23.2 Å². The van der Waals surface area contributed by atoms with Crippen molar-refractivity contribution < 1.29 is 14.3 Å². The molecule has 5 nitrogen and oxygen atoms in total. The molecule has 150 valence electrons. The standard InChI is InChI=1S/C23H30N2O3/c26-22(25-14-6-9-17-7-1-4-12-21(17)25)16-28-23(27)13-5-8-18-15-24-20-11-3-2-10-19(18)20/h2-3,10-11,15,17,21,24H,1,4-9,12-14,16H2/t17-,21+/m0/s1. The number of nitrogens with zero attached hydrogens (tertiary/aromatic N) is 1. The van der Waals surface area contributed by atoms with E-state index in [2.05, 4.69) is 17.1 Å². The third-order valence-corrected chi connectivity index (χ3v) is 6.42. The van der Waals surface area contributed by atoms with Gasteiger partial charge >= 0.3 is 5.97 Å². The summed E-state index contributed by atoms with van der Waals surface area (Å²) in [5.41, 5.74) is 2.34. The highest BCUT2D eigenvalue weighted by atomic mass is 16.5.